The van der Waals surface area contributed by atoms with E-state index in [2.05, 4.69) is 24.3 Å². The summed E-state index contributed by atoms with van der Waals surface area (Å²) in [5.74, 6) is 0.926. The number of rotatable bonds is 3. The topological polar surface area (TPSA) is 35.2 Å². The van der Waals surface area contributed by atoms with Crippen LogP contribution < -0.4 is 10.5 Å². The molecule has 2 nitrogen and oxygen atoms in total. The van der Waals surface area contributed by atoms with Crippen molar-refractivity contribution >= 4 is 10.8 Å². The lowest BCUT2D eigenvalue weighted by Gasteiger charge is -2.15. The van der Waals surface area contributed by atoms with Crippen LogP contribution >= 0.6 is 0 Å². The van der Waals surface area contributed by atoms with E-state index >= 15 is 0 Å². The lowest BCUT2D eigenvalue weighted by Crippen LogP contribution is -2.08. The summed E-state index contributed by atoms with van der Waals surface area (Å²) in [7, 11) is 0. The van der Waals surface area contributed by atoms with Crippen LogP contribution in [0.3, 0.4) is 0 Å². The molecule has 2 aromatic rings. The van der Waals surface area contributed by atoms with E-state index in [0.717, 1.165) is 16.7 Å². The van der Waals surface area contributed by atoms with Gasteiger partial charge in [0.1, 0.15) is 5.75 Å². The van der Waals surface area contributed by atoms with Crippen molar-refractivity contribution in [3.63, 3.8) is 0 Å². The predicted molar refractivity (Wildman–Crippen MR) is 67.7 cm³/mol. The van der Waals surface area contributed by atoms with Crippen LogP contribution in [0.1, 0.15) is 25.5 Å². The number of ether oxygens (including phenoxy) is 1. The van der Waals surface area contributed by atoms with E-state index in [1.54, 1.807) is 0 Å². The second-order valence-electron chi connectivity index (χ2n) is 3.93. The Morgan fingerprint density at radius 2 is 1.94 bits per heavy atom. The molecule has 2 N–H and O–H groups in total. The van der Waals surface area contributed by atoms with Gasteiger partial charge in [-0.25, -0.2) is 0 Å². The van der Waals surface area contributed by atoms with Gasteiger partial charge in [-0.05, 0) is 19.2 Å². The van der Waals surface area contributed by atoms with Crippen LogP contribution in [0.5, 0.6) is 5.75 Å². The van der Waals surface area contributed by atoms with Gasteiger partial charge in [0.2, 0.25) is 0 Å². The standard InChI is InChI=1S/C14H17NO/c1-3-16-14-12(10(2)15)9-8-11-6-4-5-7-13(11)14/h4-10H,3,15H2,1-2H3. The van der Waals surface area contributed by atoms with Gasteiger partial charge in [0.15, 0.2) is 0 Å². The number of hydrogen-bond acceptors (Lipinski definition) is 2. The maximum atomic E-state index is 5.96. The van der Waals surface area contributed by atoms with Crippen molar-refractivity contribution in [1.82, 2.24) is 0 Å². The number of hydrogen-bond donors (Lipinski definition) is 1. The minimum Gasteiger partial charge on any atom is -0.493 e. The van der Waals surface area contributed by atoms with E-state index in [1.165, 1.54) is 5.39 Å². The molecule has 0 aliphatic heterocycles. The Balaban J connectivity index is 2.68. The zero-order valence-electron chi connectivity index (χ0n) is 9.73. The van der Waals surface area contributed by atoms with Crippen molar-refractivity contribution in [2.75, 3.05) is 6.61 Å². The fourth-order valence-electron chi connectivity index (χ4n) is 1.92. The Labute approximate surface area is 96.0 Å². The van der Waals surface area contributed by atoms with Crippen molar-refractivity contribution in [2.24, 2.45) is 5.73 Å². The van der Waals surface area contributed by atoms with E-state index in [0.29, 0.717) is 6.61 Å². The van der Waals surface area contributed by atoms with Crippen LogP contribution in [0.15, 0.2) is 36.4 Å². The number of fused-ring (bicyclic) bond motifs is 1. The van der Waals surface area contributed by atoms with Gasteiger partial charge in [0.05, 0.1) is 6.61 Å². The van der Waals surface area contributed by atoms with Crippen LogP contribution in [0, 0.1) is 0 Å². The first-order chi connectivity index (χ1) is 7.74. The maximum absolute atomic E-state index is 5.96. The third-order valence-corrected chi connectivity index (χ3v) is 2.69. The minimum absolute atomic E-state index is 0.00819. The SMILES string of the molecule is CCOc1c(C(C)N)ccc2ccccc12. The summed E-state index contributed by atoms with van der Waals surface area (Å²) >= 11 is 0. The third-order valence-electron chi connectivity index (χ3n) is 2.69. The van der Waals surface area contributed by atoms with E-state index in [-0.39, 0.29) is 6.04 Å². The fraction of sp³-hybridized carbons (Fsp3) is 0.286. The van der Waals surface area contributed by atoms with Gasteiger partial charge < -0.3 is 10.5 Å². The first-order valence-corrected chi connectivity index (χ1v) is 5.64. The highest BCUT2D eigenvalue weighted by molar-refractivity contribution is 5.89. The summed E-state index contributed by atoms with van der Waals surface area (Å²) in [6.07, 6.45) is 0. The Bertz CT molecular complexity index is 491. The maximum Gasteiger partial charge on any atom is 0.131 e. The average molecular weight is 215 g/mol. The smallest absolute Gasteiger partial charge is 0.131 e. The molecule has 0 fully saturated rings. The first kappa shape index (κ1) is 11.0. The lowest BCUT2D eigenvalue weighted by molar-refractivity contribution is 0.339. The molecule has 2 aromatic carbocycles. The molecule has 1 unspecified atom stereocenters. The predicted octanol–water partition coefficient (Wildman–Crippen LogP) is 3.26. The highest BCUT2D eigenvalue weighted by Crippen LogP contribution is 2.32. The molecular weight excluding hydrogens is 198 g/mol. The molecule has 0 radical (unpaired) electrons. The second-order valence-corrected chi connectivity index (χ2v) is 3.93. The van der Waals surface area contributed by atoms with Crippen molar-refractivity contribution in [2.45, 2.75) is 19.9 Å². The van der Waals surface area contributed by atoms with Crippen LogP contribution in [0.25, 0.3) is 10.8 Å². The van der Waals surface area contributed by atoms with Crippen molar-refractivity contribution in [1.29, 1.82) is 0 Å². The van der Waals surface area contributed by atoms with Crippen LogP contribution in [-0.4, -0.2) is 6.61 Å². The molecule has 0 aromatic heterocycles. The largest absolute Gasteiger partial charge is 0.493 e. The molecule has 0 heterocycles. The van der Waals surface area contributed by atoms with Crippen LogP contribution in [0.2, 0.25) is 0 Å². The van der Waals surface area contributed by atoms with Crippen LogP contribution in [0.4, 0.5) is 0 Å². The highest BCUT2D eigenvalue weighted by atomic mass is 16.5. The quantitative estimate of drug-likeness (QED) is 0.853. The van der Waals surface area contributed by atoms with Gasteiger partial charge in [0.25, 0.3) is 0 Å². The number of benzene rings is 2. The fourth-order valence-corrected chi connectivity index (χ4v) is 1.92. The van der Waals surface area contributed by atoms with Gasteiger partial charge in [-0.1, -0.05) is 36.4 Å². The first-order valence-electron chi connectivity index (χ1n) is 5.64. The lowest BCUT2D eigenvalue weighted by atomic mass is 10.0. The van der Waals surface area contributed by atoms with E-state index < -0.39 is 0 Å². The van der Waals surface area contributed by atoms with E-state index in [4.69, 9.17) is 10.5 Å². The molecule has 2 rings (SSSR count). The second kappa shape index (κ2) is 4.54. The molecule has 0 aliphatic rings. The molecule has 0 spiro atoms. The molecule has 0 aliphatic carbocycles. The molecule has 0 bridgehead atoms. The van der Waals surface area contributed by atoms with Gasteiger partial charge in [-0.15, -0.1) is 0 Å². The number of nitrogens with two attached hydrogens (primary N) is 1. The Morgan fingerprint density at radius 1 is 1.19 bits per heavy atom. The third kappa shape index (κ3) is 1.89. The van der Waals surface area contributed by atoms with Gasteiger partial charge >= 0.3 is 0 Å². The van der Waals surface area contributed by atoms with Crippen LogP contribution in [-0.2, 0) is 0 Å². The summed E-state index contributed by atoms with van der Waals surface area (Å²) in [5.41, 5.74) is 7.03. The molecule has 0 saturated carbocycles. The summed E-state index contributed by atoms with van der Waals surface area (Å²) in [4.78, 5) is 0. The Hall–Kier alpha value is -1.54. The molecule has 84 valence electrons. The van der Waals surface area contributed by atoms with E-state index in [1.807, 2.05) is 26.0 Å². The zero-order chi connectivity index (χ0) is 11.5. The molecule has 0 amide bonds. The summed E-state index contributed by atoms with van der Waals surface area (Å²) in [5, 5.41) is 2.33. The molecule has 0 saturated heterocycles. The van der Waals surface area contributed by atoms with Gasteiger partial charge in [0, 0.05) is 17.0 Å². The summed E-state index contributed by atoms with van der Waals surface area (Å²) in [6.45, 7) is 4.63. The van der Waals surface area contributed by atoms with Crippen molar-refractivity contribution < 1.29 is 4.74 Å². The molecule has 2 heteroatoms. The van der Waals surface area contributed by atoms with Gasteiger partial charge in [-0.3, -0.25) is 0 Å². The van der Waals surface area contributed by atoms with E-state index in [9.17, 15) is 0 Å². The molecule has 1 atom stereocenters. The molecular formula is C14H17NO. The monoisotopic (exact) mass is 215 g/mol. The normalized spacial score (nSPS) is 12.7. The van der Waals surface area contributed by atoms with Gasteiger partial charge in [-0.2, -0.15) is 0 Å². The highest BCUT2D eigenvalue weighted by Gasteiger charge is 2.11. The Kier molecular flexibility index (Phi) is 3.11. The minimum atomic E-state index is -0.00819. The Morgan fingerprint density at radius 3 is 2.62 bits per heavy atom. The summed E-state index contributed by atoms with van der Waals surface area (Å²) < 4.78 is 5.73. The van der Waals surface area contributed by atoms with Crippen molar-refractivity contribution in [3.8, 4) is 5.75 Å². The summed E-state index contributed by atoms with van der Waals surface area (Å²) in [6, 6.07) is 12.4. The van der Waals surface area contributed by atoms with Crippen molar-refractivity contribution in [3.05, 3.63) is 42.0 Å². The zero-order valence-corrected chi connectivity index (χ0v) is 9.73. The molecule has 16 heavy (non-hydrogen) atoms. The average Bonchev–Trinajstić information content (AvgIpc) is 2.29.